The summed E-state index contributed by atoms with van der Waals surface area (Å²) in [6.07, 6.45) is 2.51. The Morgan fingerprint density at radius 1 is 1.11 bits per heavy atom. The highest BCUT2D eigenvalue weighted by molar-refractivity contribution is 5.78. The lowest BCUT2D eigenvalue weighted by Crippen LogP contribution is -1.90. The Kier molecular flexibility index (Phi) is 4.67. The SMILES string of the molecule is CCc1cccc(CON=Cc2cccc(F)c2)c1. The number of benzene rings is 2. The van der Waals surface area contributed by atoms with Crippen LogP contribution in [0.1, 0.15) is 23.6 Å². The second-order valence-corrected chi connectivity index (χ2v) is 4.24. The van der Waals surface area contributed by atoms with Gasteiger partial charge >= 0.3 is 0 Å². The molecule has 0 saturated carbocycles. The van der Waals surface area contributed by atoms with Crippen molar-refractivity contribution in [3.63, 3.8) is 0 Å². The smallest absolute Gasteiger partial charge is 0.142 e. The van der Waals surface area contributed by atoms with Gasteiger partial charge in [0.1, 0.15) is 12.4 Å². The molecule has 0 aliphatic heterocycles. The van der Waals surface area contributed by atoms with Crippen molar-refractivity contribution >= 4 is 6.21 Å². The standard InChI is InChI=1S/C16H16FNO/c1-2-13-5-3-7-15(9-13)12-19-18-11-14-6-4-8-16(17)10-14/h3-11H,2,12H2,1H3. The first kappa shape index (κ1) is 13.3. The van der Waals surface area contributed by atoms with E-state index in [1.807, 2.05) is 12.1 Å². The molecule has 19 heavy (non-hydrogen) atoms. The van der Waals surface area contributed by atoms with Crippen molar-refractivity contribution in [3.05, 3.63) is 71.0 Å². The third-order valence-corrected chi connectivity index (χ3v) is 2.76. The maximum absolute atomic E-state index is 12.9. The van der Waals surface area contributed by atoms with Gasteiger partial charge in [-0.2, -0.15) is 0 Å². The zero-order chi connectivity index (χ0) is 13.5. The van der Waals surface area contributed by atoms with Crippen LogP contribution >= 0.6 is 0 Å². The molecule has 0 spiro atoms. The topological polar surface area (TPSA) is 21.6 Å². The van der Waals surface area contributed by atoms with Crippen LogP contribution in [0.2, 0.25) is 0 Å². The normalized spacial score (nSPS) is 10.8. The largest absolute Gasteiger partial charge is 0.391 e. The summed E-state index contributed by atoms with van der Waals surface area (Å²) in [6, 6.07) is 14.4. The third-order valence-electron chi connectivity index (χ3n) is 2.76. The van der Waals surface area contributed by atoms with Gasteiger partial charge < -0.3 is 4.84 Å². The van der Waals surface area contributed by atoms with E-state index in [1.165, 1.54) is 23.9 Å². The lowest BCUT2D eigenvalue weighted by atomic mass is 10.1. The number of halogens is 1. The van der Waals surface area contributed by atoms with E-state index in [9.17, 15) is 4.39 Å². The average Bonchev–Trinajstić information content (AvgIpc) is 2.44. The molecule has 0 fully saturated rings. The Morgan fingerprint density at radius 2 is 1.89 bits per heavy atom. The van der Waals surface area contributed by atoms with Crippen molar-refractivity contribution < 1.29 is 9.23 Å². The van der Waals surface area contributed by atoms with Crippen LogP contribution in [0.4, 0.5) is 4.39 Å². The number of rotatable bonds is 5. The van der Waals surface area contributed by atoms with E-state index in [0.29, 0.717) is 12.2 Å². The Hall–Kier alpha value is -2.16. The van der Waals surface area contributed by atoms with Crippen LogP contribution < -0.4 is 0 Å². The fourth-order valence-electron chi connectivity index (χ4n) is 1.74. The first-order valence-corrected chi connectivity index (χ1v) is 6.26. The molecule has 0 aliphatic rings. The fraction of sp³-hybridized carbons (Fsp3) is 0.188. The van der Waals surface area contributed by atoms with Gasteiger partial charge in [-0.05, 0) is 35.2 Å². The molecule has 0 heterocycles. The Labute approximate surface area is 112 Å². The summed E-state index contributed by atoms with van der Waals surface area (Å²) in [5.74, 6) is -0.278. The van der Waals surface area contributed by atoms with Gasteiger partial charge in [-0.3, -0.25) is 0 Å². The van der Waals surface area contributed by atoms with Gasteiger partial charge in [0.15, 0.2) is 0 Å². The lowest BCUT2D eigenvalue weighted by molar-refractivity contribution is 0.132. The van der Waals surface area contributed by atoms with Gasteiger partial charge in [0.25, 0.3) is 0 Å². The summed E-state index contributed by atoms with van der Waals surface area (Å²) in [6.45, 7) is 2.53. The monoisotopic (exact) mass is 257 g/mol. The lowest BCUT2D eigenvalue weighted by Gasteiger charge is -2.02. The van der Waals surface area contributed by atoms with E-state index >= 15 is 0 Å². The Morgan fingerprint density at radius 3 is 2.68 bits per heavy atom. The van der Waals surface area contributed by atoms with Crippen molar-refractivity contribution in [3.8, 4) is 0 Å². The van der Waals surface area contributed by atoms with Crippen LogP contribution in [0, 0.1) is 5.82 Å². The predicted molar refractivity (Wildman–Crippen MR) is 74.6 cm³/mol. The highest BCUT2D eigenvalue weighted by Crippen LogP contribution is 2.07. The molecule has 0 unspecified atom stereocenters. The van der Waals surface area contributed by atoms with Crippen molar-refractivity contribution in [1.29, 1.82) is 0 Å². The maximum Gasteiger partial charge on any atom is 0.142 e. The van der Waals surface area contributed by atoms with E-state index in [4.69, 9.17) is 4.84 Å². The third kappa shape index (κ3) is 4.21. The molecular weight excluding hydrogens is 241 g/mol. The second-order valence-electron chi connectivity index (χ2n) is 4.24. The quantitative estimate of drug-likeness (QED) is 0.587. The van der Waals surface area contributed by atoms with Gasteiger partial charge in [-0.1, -0.05) is 48.5 Å². The van der Waals surface area contributed by atoms with Gasteiger partial charge in [0, 0.05) is 0 Å². The summed E-state index contributed by atoms with van der Waals surface area (Å²) >= 11 is 0. The van der Waals surface area contributed by atoms with Crippen molar-refractivity contribution in [1.82, 2.24) is 0 Å². The molecule has 0 atom stereocenters. The average molecular weight is 257 g/mol. The second kappa shape index (κ2) is 6.69. The molecule has 2 nitrogen and oxygen atoms in total. The van der Waals surface area contributed by atoms with E-state index in [-0.39, 0.29) is 5.82 Å². The molecule has 2 aromatic rings. The molecule has 2 rings (SSSR count). The zero-order valence-corrected chi connectivity index (χ0v) is 10.8. The van der Waals surface area contributed by atoms with Crippen molar-refractivity contribution in [2.45, 2.75) is 20.0 Å². The molecule has 0 bridgehead atoms. The number of aryl methyl sites for hydroxylation is 1. The van der Waals surface area contributed by atoms with E-state index in [1.54, 1.807) is 12.1 Å². The van der Waals surface area contributed by atoms with Gasteiger partial charge in [0.2, 0.25) is 0 Å². The number of hydrogen-bond acceptors (Lipinski definition) is 2. The summed E-state index contributed by atoms with van der Waals surface area (Å²) in [4.78, 5) is 5.21. The molecule has 98 valence electrons. The van der Waals surface area contributed by atoms with Crippen LogP contribution in [-0.4, -0.2) is 6.21 Å². The van der Waals surface area contributed by atoms with Gasteiger partial charge in [0.05, 0.1) is 6.21 Å². The number of hydrogen-bond donors (Lipinski definition) is 0. The highest BCUT2D eigenvalue weighted by Gasteiger charge is 1.95. The van der Waals surface area contributed by atoms with Gasteiger partial charge in [-0.15, -0.1) is 0 Å². The first-order valence-electron chi connectivity index (χ1n) is 6.26. The molecule has 2 aromatic carbocycles. The molecule has 3 heteroatoms. The zero-order valence-electron chi connectivity index (χ0n) is 10.8. The molecule has 0 aromatic heterocycles. The minimum absolute atomic E-state index is 0.278. The number of nitrogens with zero attached hydrogens (tertiary/aromatic N) is 1. The highest BCUT2D eigenvalue weighted by atomic mass is 19.1. The Bertz CT molecular complexity index is 566. The van der Waals surface area contributed by atoms with Crippen LogP contribution in [0.3, 0.4) is 0 Å². The van der Waals surface area contributed by atoms with Crippen molar-refractivity contribution in [2.24, 2.45) is 5.16 Å². The molecule has 0 radical (unpaired) electrons. The van der Waals surface area contributed by atoms with Crippen LogP contribution in [0.25, 0.3) is 0 Å². The number of oxime groups is 1. The fourth-order valence-corrected chi connectivity index (χ4v) is 1.74. The molecule has 0 aliphatic carbocycles. The molecule has 0 N–H and O–H groups in total. The summed E-state index contributed by atoms with van der Waals surface area (Å²) < 4.78 is 12.9. The maximum atomic E-state index is 12.9. The predicted octanol–water partition coefficient (Wildman–Crippen LogP) is 3.94. The molecule has 0 saturated heterocycles. The van der Waals surface area contributed by atoms with Crippen molar-refractivity contribution in [2.75, 3.05) is 0 Å². The minimum Gasteiger partial charge on any atom is -0.391 e. The Balaban J connectivity index is 1.89. The molecular formula is C16H16FNO. The van der Waals surface area contributed by atoms with Crippen LogP contribution in [-0.2, 0) is 17.9 Å². The first-order chi connectivity index (χ1) is 9.28. The summed E-state index contributed by atoms with van der Waals surface area (Å²) in [5, 5.41) is 3.84. The van der Waals surface area contributed by atoms with Gasteiger partial charge in [-0.25, -0.2) is 4.39 Å². The van der Waals surface area contributed by atoms with E-state index < -0.39 is 0 Å². The van der Waals surface area contributed by atoms with E-state index in [2.05, 4.69) is 24.2 Å². The van der Waals surface area contributed by atoms with Crippen LogP contribution in [0.5, 0.6) is 0 Å². The molecule has 0 amide bonds. The summed E-state index contributed by atoms with van der Waals surface area (Å²) in [7, 11) is 0. The van der Waals surface area contributed by atoms with E-state index in [0.717, 1.165) is 12.0 Å². The minimum atomic E-state index is -0.278. The van der Waals surface area contributed by atoms with Crippen LogP contribution in [0.15, 0.2) is 53.7 Å². The summed E-state index contributed by atoms with van der Waals surface area (Å²) in [5.41, 5.74) is 3.04.